The molecule has 1 unspecified atom stereocenters. The lowest BCUT2D eigenvalue weighted by atomic mass is 9.92. The molecule has 2 amide bonds. The number of aromatic nitrogens is 1. The van der Waals surface area contributed by atoms with Crippen molar-refractivity contribution in [3.63, 3.8) is 0 Å². The Kier molecular flexibility index (Phi) is 3.57. The number of aryl methyl sites for hydroxylation is 2. The van der Waals surface area contributed by atoms with Gasteiger partial charge in [0.05, 0.1) is 11.7 Å². The van der Waals surface area contributed by atoms with Crippen LogP contribution in [0.4, 0.5) is 16.2 Å². The highest BCUT2D eigenvalue weighted by Gasteiger charge is 2.40. The van der Waals surface area contributed by atoms with Crippen LogP contribution < -0.4 is 9.80 Å². The second-order valence-corrected chi connectivity index (χ2v) is 6.26. The van der Waals surface area contributed by atoms with Crippen LogP contribution in [0, 0.1) is 13.8 Å². The first kappa shape index (κ1) is 15.4. The van der Waals surface area contributed by atoms with Crippen LogP contribution in [0.2, 0.25) is 0 Å². The number of hydrogen-bond donors (Lipinski definition) is 0. The van der Waals surface area contributed by atoms with Gasteiger partial charge in [0.15, 0.2) is 5.76 Å². The average molecular weight is 333 g/mol. The van der Waals surface area contributed by atoms with E-state index in [4.69, 9.17) is 4.52 Å². The molecule has 1 atom stereocenters. The number of carbonyl (C=O) groups excluding carboxylic acids is 1. The molecule has 5 nitrogen and oxygen atoms in total. The molecule has 1 aromatic heterocycles. The van der Waals surface area contributed by atoms with Crippen LogP contribution in [0.25, 0.3) is 0 Å². The van der Waals surface area contributed by atoms with Gasteiger partial charge in [-0.3, -0.25) is 9.80 Å². The predicted molar refractivity (Wildman–Crippen MR) is 97.0 cm³/mol. The number of nitrogens with zero attached hydrogens (tertiary/aromatic N) is 3. The number of urea groups is 1. The summed E-state index contributed by atoms with van der Waals surface area (Å²) < 4.78 is 5.34. The van der Waals surface area contributed by atoms with Gasteiger partial charge in [-0.15, -0.1) is 0 Å². The van der Waals surface area contributed by atoms with Crippen molar-refractivity contribution < 1.29 is 9.32 Å². The van der Waals surface area contributed by atoms with E-state index in [1.165, 1.54) is 0 Å². The van der Waals surface area contributed by atoms with Gasteiger partial charge < -0.3 is 4.52 Å². The molecule has 0 aliphatic carbocycles. The predicted octanol–water partition coefficient (Wildman–Crippen LogP) is 4.46. The second-order valence-electron chi connectivity index (χ2n) is 6.26. The summed E-state index contributed by atoms with van der Waals surface area (Å²) in [5, 5.41) is 4.05. The Bertz CT molecular complexity index is 914. The van der Waals surface area contributed by atoms with Crippen molar-refractivity contribution in [2.75, 3.05) is 16.8 Å². The summed E-state index contributed by atoms with van der Waals surface area (Å²) in [5.41, 5.74) is 4.50. The highest BCUT2D eigenvalue weighted by Crippen LogP contribution is 2.44. The summed E-state index contributed by atoms with van der Waals surface area (Å²) in [5.74, 6) is 0.638. The zero-order chi connectivity index (χ0) is 17.6. The standard InChI is InChI=1S/C20H19N3O2/c1-13-18(14(2)25-21-13)23-19(15-9-5-4-6-10-15)16-11-7-8-12-17(16)22(3)20(23)24/h4-12,19H,1-3H3. The van der Waals surface area contributed by atoms with Crippen molar-refractivity contribution >= 4 is 17.4 Å². The Morgan fingerprint density at radius 2 is 1.68 bits per heavy atom. The Morgan fingerprint density at radius 3 is 2.36 bits per heavy atom. The number of hydrogen-bond acceptors (Lipinski definition) is 3. The topological polar surface area (TPSA) is 49.6 Å². The van der Waals surface area contributed by atoms with E-state index in [0.29, 0.717) is 11.5 Å². The van der Waals surface area contributed by atoms with E-state index >= 15 is 0 Å². The molecule has 0 radical (unpaired) electrons. The molecule has 0 fully saturated rings. The highest BCUT2D eigenvalue weighted by atomic mass is 16.5. The molecular formula is C20H19N3O2. The summed E-state index contributed by atoms with van der Waals surface area (Å²) in [7, 11) is 1.80. The molecule has 25 heavy (non-hydrogen) atoms. The lowest BCUT2D eigenvalue weighted by molar-refractivity contribution is 0.250. The third-order valence-corrected chi connectivity index (χ3v) is 4.70. The largest absolute Gasteiger partial charge is 0.359 e. The Morgan fingerprint density at radius 1 is 1.00 bits per heavy atom. The molecule has 5 heteroatoms. The van der Waals surface area contributed by atoms with Crippen LogP contribution in [0.1, 0.15) is 28.6 Å². The molecule has 2 aromatic carbocycles. The van der Waals surface area contributed by atoms with Gasteiger partial charge in [0, 0.05) is 12.6 Å². The van der Waals surface area contributed by atoms with Gasteiger partial charge in [-0.1, -0.05) is 53.7 Å². The Balaban J connectivity index is 2.00. The van der Waals surface area contributed by atoms with Crippen molar-refractivity contribution in [2.45, 2.75) is 19.9 Å². The SMILES string of the molecule is Cc1noc(C)c1N1C(=O)N(C)c2ccccc2C1c1ccccc1. The molecule has 1 aliphatic rings. The monoisotopic (exact) mass is 333 g/mol. The van der Waals surface area contributed by atoms with Crippen LogP contribution in [-0.4, -0.2) is 18.2 Å². The van der Waals surface area contributed by atoms with Crippen LogP contribution in [0.3, 0.4) is 0 Å². The number of amides is 2. The molecule has 4 rings (SSSR count). The third-order valence-electron chi connectivity index (χ3n) is 4.70. The number of anilines is 2. The highest BCUT2D eigenvalue weighted by molar-refractivity contribution is 6.07. The third kappa shape index (κ3) is 2.31. The van der Waals surface area contributed by atoms with Crippen molar-refractivity contribution in [1.29, 1.82) is 0 Å². The minimum absolute atomic E-state index is 0.0954. The second kappa shape index (κ2) is 5.77. The van der Waals surface area contributed by atoms with Crippen molar-refractivity contribution in [3.05, 3.63) is 77.2 Å². The average Bonchev–Trinajstić information content (AvgIpc) is 2.97. The van der Waals surface area contributed by atoms with Gasteiger partial charge in [0.2, 0.25) is 0 Å². The van der Waals surface area contributed by atoms with Crippen LogP contribution in [-0.2, 0) is 0 Å². The first-order chi connectivity index (χ1) is 12.1. The minimum atomic E-state index is -0.224. The van der Waals surface area contributed by atoms with Gasteiger partial charge in [-0.2, -0.15) is 0 Å². The smallest absolute Gasteiger partial charge is 0.329 e. The number of rotatable bonds is 2. The maximum absolute atomic E-state index is 13.3. The molecular weight excluding hydrogens is 314 g/mol. The van der Waals surface area contributed by atoms with Crippen molar-refractivity contribution in [3.8, 4) is 0 Å². The summed E-state index contributed by atoms with van der Waals surface area (Å²) >= 11 is 0. The van der Waals surface area contributed by atoms with E-state index in [2.05, 4.69) is 11.2 Å². The molecule has 1 aliphatic heterocycles. The maximum atomic E-state index is 13.3. The summed E-state index contributed by atoms with van der Waals surface area (Å²) in [6, 6.07) is 17.7. The Hall–Kier alpha value is -3.08. The minimum Gasteiger partial charge on any atom is -0.359 e. The fourth-order valence-corrected chi connectivity index (χ4v) is 3.55. The van der Waals surface area contributed by atoms with Gasteiger partial charge in [-0.25, -0.2) is 4.79 Å². The molecule has 2 heterocycles. The van der Waals surface area contributed by atoms with Gasteiger partial charge in [-0.05, 0) is 25.5 Å². The summed E-state index contributed by atoms with van der Waals surface area (Å²) in [6.07, 6.45) is 0. The molecule has 3 aromatic rings. The first-order valence-electron chi connectivity index (χ1n) is 8.23. The van der Waals surface area contributed by atoms with E-state index in [1.807, 2.05) is 62.4 Å². The number of benzene rings is 2. The zero-order valence-corrected chi connectivity index (χ0v) is 14.4. The molecule has 0 spiro atoms. The molecule has 0 N–H and O–H groups in total. The maximum Gasteiger partial charge on any atom is 0.329 e. The fraction of sp³-hybridized carbons (Fsp3) is 0.200. The Labute approximate surface area is 146 Å². The van der Waals surface area contributed by atoms with Gasteiger partial charge >= 0.3 is 6.03 Å². The summed E-state index contributed by atoms with van der Waals surface area (Å²) in [4.78, 5) is 16.7. The normalized spacial score (nSPS) is 16.9. The summed E-state index contributed by atoms with van der Waals surface area (Å²) in [6.45, 7) is 3.70. The van der Waals surface area contributed by atoms with E-state index < -0.39 is 0 Å². The number of fused-ring (bicyclic) bond motifs is 1. The number of carbonyl (C=O) groups is 1. The van der Waals surface area contributed by atoms with E-state index in [0.717, 1.165) is 22.5 Å². The van der Waals surface area contributed by atoms with Crippen LogP contribution in [0.15, 0.2) is 59.1 Å². The zero-order valence-electron chi connectivity index (χ0n) is 14.4. The van der Waals surface area contributed by atoms with Crippen molar-refractivity contribution in [2.24, 2.45) is 0 Å². The quantitative estimate of drug-likeness (QED) is 0.696. The molecule has 0 saturated heterocycles. The van der Waals surface area contributed by atoms with Crippen LogP contribution in [0.5, 0.6) is 0 Å². The van der Waals surface area contributed by atoms with E-state index in [1.54, 1.807) is 16.8 Å². The van der Waals surface area contributed by atoms with E-state index in [-0.39, 0.29) is 12.1 Å². The van der Waals surface area contributed by atoms with Crippen molar-refractivity contribution in [1.82, 2.24) is 5.16 Å². The van der Waals surface area contributed by atoms with Gasteiger partial charge in [0.1, 0.15) is 11.4 Å². The van der Waals surface area contributed by atoms with E-state index in [9.17, 15) is 4.79 Å². The molecule has 0 bridgehead atoms. The fourth-order valence-electron chi connectivity index (χ4n) is 3.55. The first-order valence-corrected chi connectivity index (χ1v) is 8.23. The lowest BCUT2D eigenvalue weighted by Crippen LogP contribution is -2.48. The number of para-hydroxylation sites is 1. The molecule has 0 saturated carbocycles. The van der Waals surface area contributed by atoms with Gasteiger partial charge in [0.25, 0.3) is 0 Å². The molecule has 126 valence electrons. The van der Waals surface area contributed by atoms with Crippen LogP contribution >= 0.6 is 0 Å². The lowest BCUT2D eigenvalue weighted by Gasteiger charge is -2.41.